The van der Waals surface area contributed by atoms with Crippen LogP contribution < -0.4 is 9.46 Å². The number of esters is 1. The van der Waals surface area contributed by atoms with E-state index in [0.717, 1.165) is 0 Å². The lowest BCUT2D eigenvalue weighted by atomic mass is 10.2. The minimum atomic E-state index is -3.99. The van der Waals surface area contributed by atoms with Crippen LogP contribution in [0.2, 0.25) is 5.02 Å². The van der Waals surface area contributed by atoms with Gasteiger partial charge in [0.05, 0.1) is 4.90 Å². The van der Waals surface area contributed by atoms with Crippen LogP contribution in [0.25, 0.3) is 0 Å². The smallest absolute Gasteiger partial charge is 0.387 e. The fourth-order valence-corrected chi connectivity index (χ4v) is 3.79. The van der Waals surface area contributed by atoms with Gasteiger partial charge in [-0.3, -0.25) is 9.59 Å². The predicted molar refractivity (Wildman–Crippen MR) is 112 cm³/mol. The van der Waals surface area contributed by atoms with E-state index < -0.39 is 41.2 Å². The van der Waals surface area contributed by atoms with Gasteiger partial charge in [-0.2, -0.15) is 13.5 Å². The fraction of sp³-hybridized carbons (Fsp3) is 0.300. The zero-order valence-corrected chi connectivity index (χ0v) is 18.7. The first kappa shape index (κ1) is 25.5. The number of hydrogen-bond donors (Lipinski definition) is 1. The number of amides is 1. The molecule has 12 heteroatoms. The zero-order valence-electron chi connectivity index (χ0n) is 17.1. The average Bonchev–Trinajstić information content (AvgIpc) is 2.72. The number of nitrogens with zero attached hydrogens (tertiary/aromatic N) is 1. The van der Waals surface area contributed by atoms with Crippen molar-refractivity contribution in [3.05, 3.63) is 59.1 Å². The van der Waals surface area contributed by atoms with E-state index >= 15 is 0 Å². The van der Waals surface area contributed by atoms with Gasteiger partial charge in [0.1, 0.15) is 11.8 Å². The molecule has 0 radical (unpaired) electrons. The molecule has 1 amide bonds. The molecule has 2 rings (SSSR count). The molecule has 0 saturated heterocycles. The number of nitrogens with one attached hydrogen (secondary N) is 1. The Balaban J connectivity index is 1.84. The standard InChI is InChI=1S/C20H21ClF2N2O6S/c1-13(24-32(28,29)17-9-5-15(21)6-10-17)19(27)30-12-18(26)25(2)11-14-3-7-16(8-4-14)31-20(22)23/h3-10,13,20,24H,11-12H2,1-2H3. The molecule has 1 N–H and O–H groups in total. The molecule has 0 aromatic heterocycles. The third kappa shape index (κ3) is 7.74. The topological polar surface area (TPSA) is 102 Å². The van der Waals surface area contributed by atoms with E-state index in [1.54, 1.807) is 0 Å². The lowest BCUT2D eigenvalue weighted by molar-refractivity contribution is -0.152. The SMILES string of the molecule is CC(NS(=O)(=O)c1ccc(Cl)cc1)C(=O)OCC(=O)N(C)Cc1ccc(OC(F)F)cc1. The number of carbonyl (C=O) groups excluding carboxylic acids is 2. The first-order chi connectivity index (χ1) is 15.0. The molecular formula is C20H21ClF2N2O6S. The van der Waals surface area contributed by atoms with Crippen molar-refractivity contribution in [3.8, 4) is 5.75 Å². The van der Waals surface area contributed by atoms with Gasteiger partial charge in [0.2, 0.25) is 10.0 Å². The van der Waals surface area contributed by atoms with E-state index in [0.29, 0.717) is 10.6 Å². The molecule has 32 heavy (non-hydrogen) atoms. The Kier molecular flexibility index (Phi) is 8.93. The highest BCUT2D eigenvalue weighted by atomic mass is 35.5. The van der Waals surface area contributed by atoms with Gasteiger partial charge in [0, 0.05) is 18.6 Å². The van der Waals surface area contributed by atoms with E-state index in [2.05, 4.69) is 9.46 Å². The Morgan fingerprint density at radius 2 is 1.69 bits per heavy atom. The van der Waals surface area contributed by atoms with Gasteiger partial charge in [-0.15, -0.1) is 0 Å². The highest BCUT2D eigenvalue weighted by Gasteiger charge is 2.24. The first-order valence-corrected chi connectivity index (χ1v) is 11.1. The quantitative estimate of drug-likeness (QED) is 0.514. The number of alkyl halides is 2. The molecule has 2 aromatic carbocycles. The van der Waals surface area contributed by atoms with Crippen LogP contribution in [0, 0.1) is 0 Å². The third-order valence-electron chi connectivity index (χ3n) is 4.14. The van der Waals surface area contributed by atoms with Crippen molar-refractivity contribution >= 4 is 33.5 Å². The largest absolute Gasteiger partial charge is 0.454 e. The molecule has 0 saturated carbocycles. The molecule has 1 atom stereocenters. The Labute approximate surface area is 189 Å². The molecule has 0 aliphatic carbocycles. The second kappa shape index (κ2) is 11.2. The Morgan fingerprint density at radius 3 is 2.25 bits per heavy atom. The van der Waals surface area contributed by atoms with Crippen LogP contribution in [0.1, 0.15) is 12.5 Å². The minimum absolute atomic E-state index is 0.0123. The average molecular weight is 491 g/mol. The molecular weight excluding hydrogens is 470 g/mol. The molecule has 0 heterocycles. The number of hydrogen-bond acceptors (Lipinski definition) is 6. The third-order valence-corrected chi connectivity index (χ3v) is 5.95. The summed E-state index contributed by atoms with van der Waals surface area (Å²) >= 11 is 5.73. The van der Waals surface area contributed by atoms with Gasteiger partial charge in [-0.1, -0.05) is 23.7 Å². The maximum absolute atomic E-state index is 12.3. The zero-order chi connectivity index (χ0) is 23.9. The van der Waals surface area contributed by atoms with E-state index in [-0.39, 0.29) is 17.2 Å². The number of sulfonamides is 1. The van der Waals surface area contributed by atoms with Crippen molar-refractivity contribution in [1.82, 2.24) is 9.62 Å². The molecule has 174 valence electrons. The normalized spacial score (nSPS) is 12.3. The second-order valence-corrected chi connectivity index (χ2v) is 8.83. The Morgan fingerprint density at radius 1 is 1.09 bits per heavy atom. The minimum Gasteiger partial charge on any atom is -0.454 e. The lowest BCUT2D eigenvalue weighted by Gasteiger charge is -2.18. The van der Waals surface area contributed by atoms with Crippen LogP contribution in [0.3, 0.4) is 0 Å². The van der Waals surface area contributed by atoms with Crippen molar-refractivity contribution in [2.45, 2.75) is 31.0 Å². The van der Waals surface area contributed by atoms with Crippen molar-refractivity contribution in [2.75, 3.05) is 13.7 Å². The molecule has 0 fully saturated rings. The summed E-state index contributed by atoms with van der Waals surface area (Å²) in [6.07, 6.45) is 0. The number of benzene rings is 2. The predicted octanol–water partition coefficient (Wildman–Crippen LogP) is 2.81. The van der Waals surface area contributed by atoms with Crippen LogP contribution in [0.15, 0.2) is 53.4 Å². The monoisotopic (exact) mass is 490 g/mol. The molecule has 0 aliphatic heterocycles. The van der Waals surface area contributed by atoms with Crippen LogP contribution in [0.4, 0.5) is 8.78 Å². The lowest BCUT2D eigenvalue weighted by Crippen LogP contribution is -2.41. The van der Waals surface area contributed by atoms with Crippen LogP contribution in [-0.4, -0.2) is 51.5 Å². The first-order valence-electron chi connectivity index (χ1n) is 9.20. The molecule has 2 aromatic rings. The van der Waals surface area contributed by atoms with Gasteiger partial charge in [0.15, 0.2) is 6.61 Å². The van der Waals surface area contributed by atoms with Crippen molar-refractivity contribution in [2.24, 2.45) is 0 Å². The summed E-state index contributed by atoms with van der Waals surface area (Å²) in [4.78, 5) is 25.5. The molecule has 8 nitrogen and oxygen atoms in total. The number of carbonyl (C=O) groups is 2. The summed E-state index contributed by atoms with van der Waals surface area (Å²) in [7, 11) is -2.53. The maximum atomic E-state index is 12.3. The van der Waals surface area contributed by atoms with Crippen molar-refractivity contribution in [1.29, 1.82) is 0 Å². The van der Waals surface area contributed by atoms with E-state index in [1.165, 1.54) is 67.4 Å². The number of likely N-dealkylation sites (N-methyl/N-ethyl adjacent to an activating group) is 1. The van der Waals surface area contributed by atoms with E-state index in [9.17, 15) is 26.8 Å². The summed E-state index contributed by atoms with van der Waals surface area (Å²) in [5.41, 5.74) is 0.637. The summed E-state index contributed by atoms with van der Waals surface area (Å²) in [6.45, 7) is -2.12. The molecule has 0 aliphatic rings. The molecule has 1 unspecified atom stereocenters. The molecule has 0 spiro atoms. The van der Waals surface area contributed by atoms with Gasteiger partial charge in [-0.05, 0) is 48.9 Å². The second-order valence-electron chi connectivity index (χ2n) is 6.68. The van der Waals surface area contributed by atoms with Crippen LogP contribution >= 0.6 is 11.6 Å². The van der Waals surface area contributed by atoms with Crippen molar-refractivity contribution in [3.63, 3.8) is 0 Å². The highest BCUT2D eigenvalue weighted by molar-refractivity contribution is 7.89. The summed E-state index contributed by atoms with van der Waals surface area (Å²) in [5.74, 6) is -1.49. The molecule has 0 bridgehead atoms. The summed E-state index contributed by atoms with van der Waals surface area (Å²) in [5, 5.41) is 0.358. The van der Waals surface area contributed by atoms with Gasteiger partial charge < -0.3 is 14.4 Å². The van der Waals surface area contributed by atoms with Crippen molar-refractivity contribution < 1.29 is 36.3 Å². The van der Waals surface area contributed by atoms with Gasteiger partial charge >= 0.3 is 12.6 Å². The van der Waals surface area contributed by atoms with Gasteiger partial charge in [-0.25, -0.2) is 8.42 Å². The Bertz CT molecular complexity index is 1030. The number of ether oxygens (including phenoxy) is 2. The van der Waals surface area contributed by atoms with Crippen LogP contribution in [0.5, 0.6) is 5.75 Å². The number of halogens is 3. The van der Waals surface area contributed by atoms with Crippen LogP contribution in [-0.2, 0) is 30.9 Å². The Hall–Kier alpha value is -2.76. The van der Waals surface area contributed by atoms with E-state index in [4.69, 9.17) is 16.3 Å². The fourth-order valence-electron chi connectivity index (χ4n) is 2.47. The maximum Gasteiger partial charge on any atom is 0.387 e. The summed E-state index contributed by atoms with van der Waals surface area (Å²) in [6, 6.07) is 9.84. The van der Waals surface area contributed by atoms with Gasteiger partial charge in [0.25, 0.3) is 5.91 Å². The summed E-state index contributed by atoms with van der Waals surface area (Å²) < 4.78 is 60.3. The number of rotatable bonds is 10. The highest BCUT2D eigenvalue weighted by Crippen LogP contribution is 2.16. The van der Waals surface area contributed by atoms with E-state index in [1.807, 2.05) is 0 Å².